The number of benzene rings is 1. The van der Waals surface area contributed by atoms with E-state index >= 15 is 0 Å². The first kappa shape index (κ1) is 19.9. The van der Waals surface area contributed by atoms with E-state index in [9.17, 15) is 10.0 Å². The quantitative estimate of drug-likeness (QED) is 0.438. The van der Waals surface area contributed by atoms with Gasteiger partial charge in [0.1, 0.15) is 11.4 Å². The lowest BCUT2D eigenvalue weighted by molar-refractivity contribution is -0.575. The number of para-hydroxylation sites is 1. The number of rotatable bonds is 0. The molecule has 0 N–H and O–H groups in total. The molecule has 0 atom stereocenters. The zero-order valence-electron chi connectivity index (χ0n) is 17.2. The summed E-state index contributed by atoms with van der Waals surface area (Å²) < 4.78 is 8.49. The van der Waals surface area contributed by atoms with Crippen molar-refractivity contribution in [3.8, 4) is 0 Å². The van der Waals surface area contributed by atoms with E-state index in [1.807, 2.05) is 58.9 Å². The highest BCUT2D eigenvalue weighted by Gasteiger charge is 2.26. The molecular weight excluding hydrogens is 356 g/mol. The molecule has 150 valence electrons. The SMILES string of the molecule is CC.CC(C)(C)OC(=O)N1CCc2nc3c[n+]([O-])c4ccccc4c3n2CC1. The van der Waals surface area contributed by atoms with E-state index in [2.05, 4.69) is 9.55 Å². The number of imidazole rings is 1. The molecule has 7 heteroatoms. The molecule has 0 aliphatic carbocycles. The predicted octanol–water partition coefficient (Wildman–Crippen LogP) is 3.64. The summed E-state index contributed by atoms with van der Waals surface area (Å²) in [6.07, 6.45) is 1.86. The second kappa shape index (κ2) is 7.66. The van der Waals surface area contributed by atoms with Crippen molar-refractivity contribution in [2.45, 2.75) is 53.2 Å². The van der Waals surface area contributed by atoms with Crippen LogP contribution in [0.4, 0.5) is 4.79 Å². The van der Waals surface area contributed by atoms with Gasteiger partial charge in [-0.3, -0.25) is 0 Å². The Morgan fingerprint density at radius 1 is 1.18 bits per heavy atom. The summed E-state index contributed by atoms with van der Waals surface area (Å²) in [6, 6.07) is 7.53. The Morgan fingerprint density at radius 2 is 1.89 bits per heavy atom. The minimum absolute atomic E-state index is 0.296. The van der Waals surface area contributed by atoms with Crippen LogP contribution >= 0.6 is 0 Å². The van der Waals surface area contributed by atoms with E-state index in [4.69, 9.17) is 4.74 Å². The molecule has 0 bridgehead atoms. The van der Waals surface area contributed by atoms with Crippen molar-refractivity contribution in [1.29, 1.82) is 0 Å². The normalized spacial score (nSPS) is 14.2. The van der Waals surface area contributed by atoms with Crippen LogP contribution in [0.2, 0.25) is 0 Å². The first-order valence-electron chi connectivity index (χ1n) is 9.81. The molecule has 0 saturated heterocycles. The van der Waals surface area contributed by atoms with Gasteiger partial charge in [0.15, 0.2) is 5.52 Å². The van der Waals surface area contributed by atoms with E-state index in [-0.39, 0.29) is 6.09 Å². The molecule has 1 aromatic carbocycles. The highest BCUT2D eigenvalue weighted by molar-refractivity contribution is 6.00. The number of hydrogen-bond donors (Lipinski definition) is 0. The Morgan fingerprint density at radius 3 is 2.61 bits per heavy atom. The largest absolute Gasteiger partial charge is 0.618 e. The molecule has 0 radical (unpaired) electrons. The number of carbonyl (C=O) groups is 1. The van der Waals surface area contributed by atoms with Crippen LogP contribution in [0.25, 0.3) is 21.9 Å². The van der Waals surface area contributed by atoms with Gasteiger partial charge in [0.25, 0.3) is 0 Å². The molecule has 1 aliphatic heterocycles. The molecule has 4 rings (SSSR count). The van der Waals surface area contributed by atoms with Crippen molar-refractivity contribution in [1.82, 2.24) is 14.5 Å². The Bertz CT molecular complexity index is 1000. The van der Waals surface area contributed by atoms with Crippen molar-refractivity contribution in [2.75, 3.05) is 13.1 Å². The maximum atomic E-state index is 12.4. The second-order valence-electron chi connectivity index (χ2n) is 7.60. The number of amides is 1. The summed E-state index contributed by atoms with van der Waals surface area (Å²) in [5, 5.41) is 13.1. The van der Waals surface area contributed by atoms with Gasteiger partial charge in [0, 0.05) is 32.1 Å². The number of hydrogen-bond acceptors (Lipinski definition) is 4. The zero-order chi connectivity index (χ0) is 20.5. The molecule has 1 aliphatic rings. The minimum atomic E-state index is -0.512. The van der Waals surface area contributed by atoms with Crippen molar-refractivity contribution in [3.63, 3.8) is 0 Å². The maximum Gasteiger partial charge on any atom is 0.410 e. The van der Waals surface area contributed by atoms with Gasteiger partial charge in [-0.2, -0.15) is 4.73 Å². The lowest BCUT2D eigenvalue weighted by atomic mass is 10.2. The second-order valence-corrected chi connectivity index (χ2v) is 7.60. The topological polar surface area (TPSA) is 74.3 Å². The molecule has 7 nitrogen and oxygen atoms in total. The van der Waals surface area contributed by atoms with Crippen molar-refractivity contribution < 1.29 is 14.3 Å². The van der Waals surface area contributed by atoms with E-state index < -0.39 is 5.60 Å². The predicted molar refractivity (Wildman–Crippen MR) is 109 cm³/mol. The Labute approximate surface area is 165 Å². The first-order chi connectivity index (χ1) is 13.3. The van der Waals surface area contributed by atoms with Crippen molar-refractivity contribution in [2.24, 2.45) is 0 Å². The minimum Gasteiger partial charge on any atom is -0.618 e. The summed E-state index contributed by atoms with van der Waals surface area (Å²) in [4.78, 5) is 18.8. The van der Waals surface area contributed by atoms with Gasteiger partial charge in [-0.15, -0.1) is 0 Å². The van der Waals surface area contributed by atoms with Crippen LogP contribution in [0.3, 0.4) is 0 Å². The summed E-state index contributed by atoms with van der Waals surface area (Å²) in [7, 11) is 0. The lowest BCUT2D eigenvalue weighted by Crippen LogP contribution is -2.38. The molecule has 28 heavy (non-hydrogen) atoms. The molecule has 3 aromatic rings. The van der Waals surface area contributed by atoms with Crippen molar-refractivity contribution in [3.05, 3.63) is 41.5 Å². The number of aromatic nitrogens is 3. The van der Waals surface area contributed by atoms with Crippen LogP contribution in [0.15, 0.2) is 30.5 Å². The Hall–Kier alpha value is -2.83. The van der Waals surface area contributed by atoms with E-state index in [1.165, 1.54) is 6.20 Å². The summed E-state index contributed by atoms with van der Waals surface area (Å²) in [5.41, 5.74) is 1.76. The van der Waals surface area contributed by atoms with Crippen LogP contribution in [-0.4, -0.2) is 39.2 Å². The number of ether oxygens (including phenoxy) is 1. The van der Waals surface area contributed by atoms with Gasteiger partial charge in [-0.25, -0.2) is 9.78 Å². The summed E-state index contributed by atoms with van der Waals surface area (Å²) in [6.45, 7) is 11.3. The van der Waals surface area contributed by atoms with Gasteiger partial charge in [0.2, 0.25) is 11.7 Å². The molecule has 3 heterocycles. The van der Waals surface area contributed by atoms with Crippen molar-refractivity contribution >= 4 is 28.0 Å². The fourth-order valence-corrected chi connectivity index (χ4v) is 3.45. The van der Waals surface area contributed by atoms with E-state index in [0.29, 0.717) is 37.1 Å². The number of pyridine rings is 1. The lowest BCUT2D eigenvalue weighted by Gasteiger charge is -2.26. The summed E-state index contributed by atoms with van der Waals surface area (Å²) >= 11 is 0. The number of nitrogens with zero attached hydrogens (tertiary/aromatic N) is 4. The fourth-order valence-electron chi connectivity index (χ4n) is 3.45. The monoisotopic (exact) mass is 384 g/mol. The first-order valence-corrected chi connectivity index (χ1v) is 9.81. The van der Waals surface area contributed by atoms with Gasteiger partial charge in [-0.1, -0.05) is 26.0 Å². The van der Waals surface area contributed by atoms with Gasteiger partial charge in [-0.05, 0) is 26.8 Å². The average Bonchev–Trinajstić information content (AvgIpc) is 2.86. The smallest absolute Gasteiger partial charge is 0.410 e. The average molecular weight is 384 g/mol. The fraction of sp³-hybridized carbons (Fsp3) is 0.476. The van der Waals surface area contributed by atoms with Crippen LogP contribution in [-0.2, 0) is 17.7 Å². The molecular formula is C21H28N4O3. The Balaban J connectivity index is 0.00000109. The van der Waals surface area contributed by atoms with E-state index in [1.54, 1.807) is 4.90 Å². The van der Waals surface area contributed by atoms with Crippen LogP contribution in [0.5, 0.6) is 0 Å². The van der Waals surface area contributed by atoms with Crippen LogP contribution in [0.1, 0.15) is 40.4 Å². The van der Waals surface area contributed by atoms with E-state index in [0.717, 1.165) is 21.5 Å². The summed E-state index contributed by atoms with van der Waals surface area (Å²) in [5.74, 6) is 0.891. The van der Waals surface area contributed by atoms with Crippen LogP contribution in [0, 0.1) is 5.21 Å². The molecule has 0 fully saturated rings. The third-order valence-electron chi connectivity index (χ3n) is 4.56. The van der Waals surface area contributed by atoms with Gasteiger partial charge in [0.05, 0.1) is 10.9 Å². The number of carbonyl (C=O) groups excluding carboxylic acids is 1. The molecule has 0 unspecified atom stereocenters. The zero-order valence-corrected chi connectivity index (χ0v) is 17.2. The third kappa shape index (κ3) is 3.74. The molecule has 1 amide bonds. The highest BCUT2D eigenvalue weighted by atomic mass is 16.6. The molecule has 2 aromatic heterocycles. The van der Waals surface area contributed by atoms with Gasteiger partial charge < -0.3 is 19.4 Å². The third-order valence-corrected chi connectivity index (χ3v) is 4.56. The van der Waals surface area contributed by atoms with Gasteiger partial charge >= 0.3 is 6.09 Å². The standard InChI is InChI=1S/C19H22N4O3.C2H6/c1-19(2,3)26-18(24)21-9-8-16-20-14-12-23(25)15-7-5-4-6-13(15)17(14)22(16)11-10-21;1-2/h4-7,12H,8-11H2,1-3H3;1-2H3. The highest BCUT2D eigenvalue weighted by Crippen LogP contribution is 2.25. The number of fused-ring (bicyclic) bond motifs is 5. The maximum absolute atomic E-state index is 12.4. The molecule has 0 saturated carbocycles. The van der Waals surface area contributed by atoms with Crippen LogP contribution < -0.4 is 4.73 Å². The Kier molecular flexibility index (Phi) is 5.45. The molecule has 0 spiro atoms.